The van der Waals surface area contributed by atoms with E-state index in [1.54, 1.807) is 6.08 Å². The first-order chi connectivity index (χ1) is 5.31. The van der Waals surface area contributed by atoms with Crippen molar-refractivity contribution in [1.82, 2.24) is 0 Å². The van der Waals surface area contributed by atoms with E-state index in [2.05, 4.69) is 9.47 Å². The highest BCUT2D eigenvalue weighted by Gasteiger charge is 1.88. The predicted molar refractivity (Wildman–Crippen MR) is 39.0 cm³/mol. The van der Waals surface area contributed by atoms with Crippen molar-refractivity contribution in [1.29, 1.82) is 0 Å². The van der Waals surface area contributed by atoms with Crippen molar-refractivity contribution in [2.75, 3.05) is 27.6 Å². The van der Waals surface area contributed by atoms with Gasteiger partial charge in [-0.05, 0) is 0 Å². The van der Waals surface area contributed by atoms with E-state index in [-0.39, 0.29) is 12.8 Å². The van der Waals surface area contributed by atoms with Crippen LogP contribution in [0.1, 0.15) is 0 Å². The highest BCUT2D eigenvalue weighted by atomic mass is 16.7. The van der Waals surface area contributed by atoms with E-state index in [4.69, 9.17) is 4.74 Å². The van der Waals surface area contributed by atoms with Crippen LogP contribution in [0.15, 0.2) is 12.2 Å². The van der Waals surface area contributed by atoms with Crippen LogP contribution in [0.3, 0.4) is 0 Å². The monoisotopic (exact) mass is 160 g/mol. The molecule has 0 aromatic rings. The summed E-state index contributed by atoms with van der Waals surface area (Å²) in [6.07, 6.45) is 2.86. The van der Waals surface area contributed by atoms with Crippen molar-refractivity contribution in [3.8, 4) is 0 Å². The van der Waals surface area contributed by atoms with Crippen LogP contribution in [0.4, 0.5) is 0 Å². The number of methoxy groups -OCH3 is 2. The molecule has 0 atom stereocenters. The van der Waals surface area contributed by atoms with E-state index in [0.717, 1.165) is 0 Å². The lowest BCUT2D eigenvalue weighted by Crippen LogP contribution is -1.98. The van der Waals surface area contributed by atoms with E-state index in [1.807, 2.05) is 0 Å². The van der Waals surface area contributed by atoms with Gasteiger partial charge in [0.1, 0.15) is 6.79 Å². The third-order valence-electron chi connectivity index (χ3n) is 0.870. The molecule has 0 amide bonds. The number of carbonyl (C=O) groups excluding carboxylic acids is 1. The molecule has 0 unspecified atom stereocenters. The van der Waals surface area contributed by atoms with Gasteiger partial charge in [-0.15, -0.1) is 0 Å². The van der Waals surface area contributed by atoms with Crippen LogP contribution >= 0.6 is 0 Å². The Morgan fingerprint density at radius 3 is 2.73 bits per heavy atom. The molecule has 0 saturated heterocycles. The molecular weight excluding hydrogens is 148 g/mol. The molecule has 0 aromatic carbocycles. The lowest BCUT2D eigenvalue weighted by molar-refractivity contribution is -0.134. The molecule has 0 aromatic heterocycles. The Labute approximate surface area is 65.7 Å². The molecule has 0 aliphatic carbocycles. The van der Waals surface area contributed by atoms with Crippen LogP contribution in [0.5, 0.6) is 0 Å². The Hall–Kier alpha value is -0.870. The van der Waals surface area contributed by atoms with Crippen LogP contribution < -0.4 is 0 Å². The molecule has 4 heteroatoms. The summed E-state index contributed by atoms with van der Waals surface area (Å²) in [5, 5.41) is 0. The van der Waals surface area contributed by atoms with Gasteiger partial charge in [-0.25, -0.2) is 4.79 Å². The lowest BCUT2D eigenvalue weighted by atomic mass is 10.5. The maximum Gasteiger partial charge on any atom is 0.330 e. The largest absolute Gasteiger partial charge is 0.466 e. The minimum Gasteiger partial charge on any atom is -0.466 e. The predicted octanol–water partition coefficient (Wildman–Crippen LogP) is 0.336. The van der Waals surface area contributed by atoms with Gasteiger partial charge in [0.25, 0.3) is 0 Å². The summed E-state index contributed by atoms with van der Waals surface area (Å²) < 4.78 is 13.8. The Kier molecular flexibility index (Phi) is 6.67. The Balaban J connectivity index is 3.22. The average Bonchev–Trinajstić information content (AvgIpc) is 2.04. The maximum atomic E-state index is 10.4. The summed E-state index contributed by atoms with van der Waals surface area (Å²) in [5.41, 5.74) is 0. The molecule has 4 nitrogen and oxygen atoms in total. The summed E-state index contributed by atoms with van der Waals surface area (Å²) >= 11 is 0. The number of esters is 1. The van der Waals surface area contributed by atoms with E-state index in [9.17, 15) is 4.79 Å². The number of hydrogen-bond donors (Lipinski definition) is 0. The van der Waals surface area contributed by atoms with E-state index < -0.39 is 0 Å². The van der Waals surface area contributed by atoms with Crippen molar-refractivity contribution >= 4 is 5.97 Å². The number of hydrogen-bond acceptors (Lipinski definition) is 4. The summed E-state index contributed by atoms with van der Waals surface area (Å²) in [6.45, 7) is 0.578. The van der Waals surface area contributed by atoms with Gasteiger partial charge in [0.2, 0.25) is 0 Å². The van der Waals surface area contributed by atoms with Gasteiger partial charge in [-0.1, -0.05) is 6.08 Å². The zero-order chi connectivity index (χ0) is 8.53. The molecule has 11 heavy (non-hydrogen) atoms. The van der Waals surface area contributed by atoms with Gasteiger partial charge >= 0.3 is 5.97 Å². The standard InChI is InChI=1S/C7H12O4/c1-9-6-11-5-3-4-7(8)10-2/h3-4H,5-6H2,1-2H3. The second-order valence-electron chi connectivity index (χ2n) is 1.70. The van der Waals surface area contributed by atoms with Gasteiger partial charge in [0, 0.05) is 13.2 Å². The lowest BCUT2D eigenvalue weighted by Gasteiger charge is -1.96. The molecule has 64 valence electrons. The molecule has 0 spiro atoms. The fourth-order valence-electron chi connectivity index (χ4n) is 0.412. The molecule has 0 saturated carbocycles. The summed E-state index contributed by atoms with van der Waals surface area (Å²) in [5.74, 6) is -0.383. The highest BCUT2D eigenvalue weighted by molar-refractivity contribution is 5.81. The molecule has 0 N–H and O–H groups in total. The smallest absolute Gasteiger partial charge is 0.330 e. The Bertz CT molecular complexity index is 130. The van der Waals surface area contributed by atoms with Crippen LogP contribution in [0.25, 0.3) is 0 Å². The molecule has 0 aliphatic heterocycles. The van der Waals surface area contributed by atoms with E-state index in [0.29, 0.717) is 6.61 Å². The zero-order valence-corrected chi connectivity index (χ0v) is 6.70. The highest BCUT2D eigenvalue weighted by Crippen LogP contribution is 1.80. The fraction of sp³-hybridized carbons (Fsp3) is 0.571. The van der Waals surface area contributed by atoms with Gasteiger partial charge in [-0.3, -0.25) is 0 Å². The van der Waals surface area contributed by atoms with Crippen LogP contribution in [-0.2, 0) is 19.0 Å². The second-order valence-corrected chi connectivity index (χ2v) is 1.70. The zero-order valence-electron chi connectivity index (χ0n) is 6.70. The molecular formula is C7H12O4. The average molecular weight is 160 g/mol. The first-order valence-electron chi connectivity index (χ1n) is 3.12. The Morgan fingerprint density at radius 2 is 2.18 bits per heavy atom. The van der Waals surface area contributed by atoms with Crippen molar-refractivity contribution in [3.05, 3.63) is 12.2 Å². The van der Waals surface area contributed by atoms with Crippen molar-refractivity contribution < 1.29 is 19.0 Å². The van der Waals surface area contributed by atoms with E-state index >= 15 is 0 Å². The summed E-state index contributed by atoms with van der Waals surface area (Å²) in [4.78, 5) is 10.4. The van der Waals surface area contributed by atoms with Crippen molar-refractivity contribution in [2.45, 2.75) is 0 Å². The molecule has 0 bridgehead atoms. The van der Waals surface area contributed by atoms with Crippen molar-refractivity contribution in [3.63, 3.8) is 0 Å². The molecule has 0 aliphatic rings. The first-order valence-corrected chi connectivity index (χ1v) is 3.12. The number of carbonyl (C=O) groups is 1. The minimum absolute atomic E-state index is 0.228. The van der Waals surface area contributed by atoms with E-state index in [1.165, 1.54) is 20.3 Å². The normalized spacial score (nSPS) is 10.4. The second kappa shape index (κ2) is 7.24. The van der Waals surface area contributed by atoms with Gasteiger partial charge in [-0.2, -0.15) is 0 Å². The molecule has 0 radical (unpaired) electrons. The van der Waals surface area contributed by atoms with Gasteiger partial charge in [0.05, 0.1) is 13.7 Å². The van der Waals surface area contributed by atoms with Crippen LogP contribution in [0.2, 0.25) is 0 Å². The SMILES string of the molecule is COCOCC=CC(=O)OC. The quantitative estimate of drug-likeness (QED) is 0.252. The summed E-state index contributed by atoms with van der Waals surface area (Å²) in [6, 6.07) is 0. The summed E-state index contributed by atoms with van der Waals surface area (Å²) in [7, 11) is 2.85. The van der Waals surface area contributed by atoms with Crippen LogP contribution in [0, 0.1) is 0 Å². The molecule has 0 fully saturated rings. The topological polar surface area (TPSA) is 44.8 Å². The fourth-order valence-corrected chi connectivity index (χ4v) is 0.412. The molecule has 0 rings (SSSR count). The Morgan fingerprint density at radius 1 is 1.45 bits per heavy atom. The molecule has 0 heterocycles. The number of ether oxygens (including phenoxy) is 3. The van der Waals surface area contributed by atoms with Gasteiger partial charge in [0.15, 0.2) is 0 Å². The first kappa shape index (κ1) is 10.1. The third-order valence-corrected chi connectivity index (χ3v) is 0.870. The van der Waals surface area contributed by atoms with Gasteiger partial charge < -0.3 is 14.2 Å². The van der Waals surface area contributed by atoms with Crippen LogP contribution in [-0.4, -0.2) is 33.6 Å². The third kappa shape index (κ3) is 7.02. The minimum atomic E-state index is -0.383. The van der Waals surface area contributed by atoms with Crippen molar-refractivity contribution in [2.24, 2.45) is 0 Å². The maximum absolute atomic E-state index is 10.4. The number of rotatable bonds is 5.